The van der Waals surface area contributed by atoms with Crippen molar-refractivity contribution in [2.24, 2.45) is 0 Å². The van der Waals surface area contributed by atoms with E-state index >= 15 is 0 Å². The average molecular weight is 311 g/mol. The van der Waals surface area contributed by atoms with Crippen molar-refractivity contribution in [1.29, 1.82) is 0 Å². The van der Waals surface area contributed by atoms with Crippen LogP contribution in [0.4, 0.5) is 5.69 Å². The van der Waals surface area contributed by atoms with Gasteiger partial charge in [0.05, 0.1) is 4.90 Å². The van der Waals surface area contributed by atoms with Gasteiger partial charge in [0.15, 0.2) is 0 Å². The lowest BCUT2D eigenvalue weighted by atomic mass is 10.1. The Morgan fingerprint density at radius 3 is 2.27 bits per heavy atom. The Hall–Kier alpha value is -2.33. The molecule has 0 aliphatic carbocycles. The van der Waals surface area contributed by atoms with Crippen LogP contribution in [0.2, 0.25) is 0 Å². The summed E-state index contributed by atoms with van der Waals surface area (Å²) in [5.41, 5.74) is 2.36. The van der Waals surface area contributed by atoms with Gasteiger partial charge in [-0.2, -0.15) is 0 Å². The summed E-state index contributed by atoms with van der Waals surface area (Å²) in [6, 6.07) is 18.7. The maximum absolute atomic E-state index is 12.6. The first-order chi connectivity index (χ1) is 10.5. The van der Waals surface area contributed by atoms with E-state index in [9.17, 15) is 8.42 Å². The number of aryl methyl sites for hydroxylation is 2. The van der Waals surface area contributed by atoms with Crippen molar-refractivity contribution in [2.45, 2.75) is 18.7 Å². The predicted octanol–water partition coefficient (Wildman–Crippen LogP) is 4.26. The Kier molecular flexibility index (Phi) is 3.62. The lowest BCUT2D eigenvalue weighted by Crippen LogP contribution is -2.14. The largest absolute Gasteiger partial charge is 0.280 e. The van der Waals surface area contributed by atoms with Crippen LogP contribution >= 0.6 is 0 Å². The zero-order valence-electron chi connectivity index (χ0n) is 12.5. The molecule has 0 aromatic heterocycles. The molecule has 0 radical (unpaired) electrons. The molecule has 112 valence electrons. The number of sulfonamides is 1. The van der Waals surface area contributed by atoms with Gasteiger partial charge in [-0.15, -0.1) is 0 Å². The van der Waals surface area contributed by atoms with E-state index < -0.39 is 10.0 Å². The third-order valence-electron chi connectivity index (χ3n) is 3.62. The summed E-state index contributed by atoms with van der Waals surface area (Å²) in [6.45, 7) is 3.75. The molecule has 0 saturated carbocycles. The van der Waals surface area contributed by atoms with Gasteiger partial charge in [-0.3, -0.25) is 4.72 Å². The Labute approximate surface area is 130 Å². The molecule has 0 fully saturated rings. The monoisotopic (exact) mass is 311 g/mol. The third kappa shape index (κ3) is 2.83. The molecule has 0 bridgehead atoms. The van der Waals surface area contributed by atoms with Crippen LogP contribution in [-0.2, 0) is 10.0 Å². The Morgan fingerprint density at radius 1 is 0.818 bits per heavy atom. The molecule has 22 heavy (non-hydrogen) atoms. The van der Waals surface area contributed by atoms with E-state index in [4.69, 9.17) is 0 Å². The van der Waals surface area contributed by atoms with Crippen LogP contribution in [0.3, 0.4) is 0 Å². The van der Waals surface area contributed by atoms with Gasteiger partial charge in [-0.25, -0.2) is 8.42 Å². The SMILES string of the molecule is Cc1ccc(S(=O)(=O)Nc2ccc3ccccc3c2)c(C)c1. The summed E-state index contributed by atoms with van der Waals surface area (Å²) in [6.07, 6.45) is 0. The first-order valence-electron chi connectivity index (χ1n) is 7.04. The highest BCUT2D eigenvalue weighted by molar-refractivity contribution is 7.92. The summed E-state index contributed by atoms with van der Waals surface area (Å²) in [5.74, 6) is 0. The number of nitrogens with one attached hydrogen (secondary N) is 1. The second kappa shape index (κ2) is 5.46. The zero-order chi connectivity index (χ0) is 15.7. The molecular weight excluding hydrogens is 294 g/mol. The molecule has 1 N–H and O–H groups in total. The summed E-state index contributed by atoms with van der Waals surface area (Å²) >= 11 is 0. The fourth-order valence-electron chi connectivity index (χ4n) is 2.56. The minimum absolute atomic E-state index is 0.311. The van der Waals surface area contributed by atoms with Crippen LogP contribution in [0.25, 0.3) is 10.8 Å². The smallest absolute Gasteiger partial charge is 0.262 e. The molecular formula is C18H17NO2S. The lowest BCUT2D eigenvalue weighted by Gasteiger charge is -2.11. The third-order valence-corrected chi connectivity index (χ3v) is 5.16. The summed E-state index contributed by atoms with van der Waals surface area (Å²) in [7, 11) is -3.58. The molecule has 0 spiro atoms. The Morgan fingerprint density at radius 2 is 1.55 bits per heavy atom. The molecule has 3 rings (SSSR count). The molecule has 0 unspecified atom stereocenters. The summed E-state index contributed by atoms with van der Waals surface area (Å²) in [4.78, 5) is 0.311. The van der Waals surface area contributed by atoms with Gasteiger partial charge >= 0.3 is 0 Å². The van der Waals surface area contributed by atoms with Crippen molar-refractivity contribution in [2.75, 3.05) is 4.72 Å². The molecule has 3 nitrogen and oxygen atoms in total. The van der Waals surface area contributed by atoms with Crippen LogP contribution in [0.5, 0.6) is 0 Å². The molecule has 0 heterocycles. The Balaban J connectivity index is 1.99. The number of benzene rings is 3. The minimum atomic E-state index is -3.58. The standard InChI is InChI=1S/C18H17NO2S/c1-13-7-10-18(14(2)11-13)22(20,21)19-17-9-8-15-5-3-4-6-16(15)12-17/h3-12,19H,1-2H3. The van der Waals surface area contributed by atoms with Crippen LogP contribution < -0.4 is 4.72 Å². The maximum atomic E-state index is 12.6. The van der Waals surface area contributed by atoms with Gasteiger partial charge in [0, 0.05) is 5.69 Å². The Bertz CT molecular complexity index is 946. The van der Waals surface area contributed by atoms with E-state index in [0.717, 1.165) is 21.9 Å². The molecule has 0 aliphatic rings. The van der Waals surface area contributed by atoms with E-state index in [-0.39, 0.29) is 0 Å². The second-order valence-corrected chi connectivity index (χ2v) is 7.09. The summed E-state index contributed by atoms with van der Waals surface area (Å²) < 4.78 is 27.8. The van der Waals surface area contributed by atoms with Crippen molar-refractivity contribution in [3.8, 4) is 0 Å². The number of anilines is 1. The van der Waals surface area contributed by atoms with Crippen molar-refractivity contribution >= 4 is 26.5 Å². The highest BCUT2D eigenvalue weighted by Gasteiger charge is 2.16. The molecule has 0 saturated heterocycles. The van der Waals surface area contributed by atoms with E-state index in [0.29, 0.717) is 10.6 Å². The van der Waals surface area contributed by atoms with Crippen molar-refractivity contribution in [3.05, 3.63) is 71.8 Å². The highest BCUT2D eigenvalue weighted by Crippen LogP contribution is 2.23. The molecule has 0 amide bonds. The van der Waals surface area contributed by atoms with Crippen LogP contribution in [0.1, 0.15) is 11.1 Å². The van der Waals surface area contributed by atoms with Gasteiger partial charge < -0.3 is 0 Å². The van der Waals surface area contributed by atoms with Gasteiger partial charge in [0.2, 0.25) is 0 Å². The van der Waals surface area contributed by atoms with E-state index in [1.165, 1.54) is 0 Å². The molecule has 0 atom stereocenters. The first-order valence-corrected chi connectivity index (χ1v) is 8.53. The quantitative estimate of drug-likeness (QED) is 0.785. The van der Waals surface area contributed by atoms with Crippen LogP contribution in [0.15, 0.2) is 65.6 Å². The van der Waals surface area contributed by atoms with Crippen LogP contribution in [0, 0.1) is 13.8 Å². The predicted molar refractivity (Wildman–Crippen MR) is 90.7 cm³/mol. The normalized spacial score (nSPS) is 11.5. The zero-order valence-corrected chi connectivity index (χ0v) is 13.3. The first kappa shape index (κ1) is 14.6. The van der Waals surface area contributed by atoms with E-state index in [1.807, 2.05) is 62.4 Å². The minimum Gasteiger partial charge on any atom is -0.280 e. The fraction of sp³-hybridized carbons (Fsp3) is 0.111. The van der Waals surface area contributed by atoms with Gasteiger partial charge in [0.1, 0.15) is 0 Å². The van der Waals surface area contributed by atoms with Crippen molar-refractivity contribution in [3.63, 3.8) is 0 Å². The molecule has 4 heteroatoms. The number of rotatable bonds is 3. The molecule has 3 aromatic rings. The highest BCUT2D eigenvalue weighted by atomic mass is 32.2. The second-order valence-electron chi connectivity index (χ2n) is 5.44. The molecule has 0 aliphatic heterocycles. The number of hydrogen-bond donors (Lipinski definition) is 1. The van der Waals surface area contributed by atoms with Crippen molar-refractivity contribution < 1.29 is 8.42 Å². The van der Waals surface area contributed by atoms with Crippen LogP contribution in [-0.4, -0.2) is 8.42 Å². The topological polar surface area (TPSA) is 46.2 Å². The lowest BCUT2D eigenvalue weighted by molar-refractivity contribution is 0.600. The average Bonchev–Trinajstić information content (AvgIpc) is 2.46. The van der Waals surface area contributed by atoms with E-state index in [2.05, 4.69) is 4.72 Å². The maximum Gasteiger partial charge on any atom is 0.262 e. The molecule has 3 aromatic carbocycles. The van der Waals surface area contributed by atoms with Crippen molar-refractivity contribution in [1.82, 2.24) is 0 Å². The number of fused-ring (bicyclic) bond motifs is 1. The van der Waals surface area contributed by atoms with E-state index in [1.54, 1.807) is 12.1 Å². The number of hydrogen-bond acceptors (Lipinski definition) is 2. The van der Waals surface area contributed by atoms with Gasteiger partial charge in [-0.05, 0) is 48.4 Å². The summed E-state index contributed by atoms with van der Waals surface area (Å²) in [5, 5.41) is 2.08. The van der Waals surface area contributed by atoms with Gasteiger partial charge in [-0.1, -0.05) is 48.0 Å². The fourth-order valence-corrected chi connectivity index (χ4v) is 3.84. The van der Waals surface area contributed by atoms with Gasteiger partial charge in [0.25, 0.3) is 10.0 Å².